The van der Waals surface area contributed by atoms with Crippen molar-refractivity contribution in [3.63, 3.8) is 0 Å². The van der Waals surface area contributed by atoms with Crippen LogP contribution in [0.2, 0.25) is 0 Å². The highest BCUT2D eigenvalue weighted by Gasteiger charge is 2.17. The summed E-state index contributed by atoms with van der Waals surface area (Å²) in [5.74, 6) is -0.150. The molecule has 4 rings (SSSR count). The molecule has 0 spiro atoms. The highest BCUT2D eigenvalue weighted by molar-refractivity contribution is 7.22. The first-order valence-corrected chi connectivity index (χ1v) is 8.97. The highest BCUT2D eigenvalue weighted by Crippen LogP contribution is 2.31. The molecule has 7 nitrogen and oxygen atoms in total. The van der Waals surface area contributed by atoms with Gasteiger partial charge in [0.1, 0.15) is 0 Å². The minimum Gasteiger partial charge on any atom is -0.378 e. The van der Waals surface area contributed by atoms with Gasteiger partial charge in [-0.15, -0.1) is 0 Å². The topological polar surface area (TPSA) is 72.3 Å². The Morgan fingerprint density at radius 1 is 1.32 bits per heavy atom. The van der Waals surface area contributed by atoms with Crippen LogP contribution in [0.5, 0.6) is 0 Å². The van der Waals surface area contributed by atoms with Crippen LogP contribution in [0.25, 0.3) is 10.2 Å². The number of carbonyl (C=O) groups excluding carboxylic acids is 1. The molecule has 3 aromatic rings. The fourth-order valence-corrected chi connectivity index (χ4v) is 3.86. The van der Waals surface area contributed by atoms with Crippen molar-refractivity contribution in [2.75, 3.05) is 36.5 Å². The second-order valence-electron chi connectivity index (χ2n) is 6.00. The largest absolute Gasteiger partial charge is 0.378 e. The molecule has 1 saturated heterocycles. The van der Waals surface area contributed by atoms with Gasteiger partial charge >= 0.3 is 0 Å². The molecule has 0 aliphatic carbocycles. The summed E-state index contributed by atoms with van der Waals surface area (Å²) >= 11 is 1.64. The van der Waals surface area contributed by atoms with Crippen LogP contribution in [0.15, 0.2) is 24.4 Å². The number of ether oxygens (including phenoxy) is 1. The third-order valence-electron chi connectivity index (χ3n) is 4.40. The number of rotatable bonds is 3. The quantitative estimate of drug-likeness (QED) is 0.779. The summed E-state index contributed by atoms with van der Waals surface area (Å²) in [7, 11) is 1.82. The number of fused-ring (bicyclic) bond motifs is 1. The van der Waals surface area contributed by atoms with Crippen molar-refractivity contribution in [1.82, 2.24) is 14.8 Å². The first kappa shape index (κ1) is 16.0. The van der Waals surface area contributed by atoms with E-state index in [1.807, 2.05) is 32.2 Å². The van der Waals surface area contributed by atoms with Crippen molar-refractivity contribution in [2.45, 2.75) is 6.92 Å². The van der Waals surface area contributed by atoms with E-state index in [9.17, 15) is 4.79 Å². The maximum absolute atomic E-state index is 12.4. The summed E-state index contributed by atoms with van der Waals surface area (Å²) in [5.41, 5.74) is 3.13. The van der Waals surface area contributed by atoms with Gasteiger partial charge in [-0.25, -0.2) is 4.98 Å². The van der Waals surface area contributed by atoms with E-state index < -0.39 is 0 Å². The lowest BCUT2D eigenvalue weighted by Crippen LogP contribution is -2.36. The Morgan fingerprint density at radius 3 is 2.84 bits per heavy atom. The average molecular weight is 357 g/mol. The number of morpholine rings is 1. The van der Waals surface area contributed by atoms with E-state index >= 15 is 0 Å². The fourth-order valence-electron chi connectivity index (χ4n) is 2.80. The van der Waals surface area contributed by atoms with Gasteiger partial charge in [-0.05, 0) is 25.1 Å². The summed E-state index contributed by atoms with van der Waals surface area (Å²) in [4.78, 5) is 19.4. The number of benzene rings is 1. The molecule has 3 heterocycles. The predicted octanol–water partition coefficient (Wildman–Crippen LogP) is 2.43. The zero-order chi connectivity index (χ0) is 17.4. The maximum atomic E-state index is 12.4. The number of hydrogen-bond donors (Lipinski definition) is 1. The summed E-state index contributed by atoms with van der Waals surface area (Å²) in [6.45, 7) is 5.08. The third kappa shape index (κ3) is 3.10. The standard InChI is InChI=1S/C17H19N5O2S/c1-11-13(10-18-21(11)2)16(23)19-12-3-4-14-15(9-12)25-17(20-14)22-5-7-24-8-6-22/h3-4,9-10H,5-8H2,1-2H3,(H,19,23). The van der Waals surface area contributed by atoms with Gasteiger partial charge in [-0.3, -0.25) is 9.48 Å². The van der Waals surface area contributed by atoms with E-state index in [-0.39, 0.29) is 5.91 Å². The molecule has 1 amide bonds. The van der Waals surface area contributed by atoms with Gasteiger partial charge in [-0.1, -0.05) is 11.3 Å². The second-order valence-corrected chi connectivity index (χ2v) is 7.01. The molecule has 1 aromatic carbocycles. The molecule has 0 saturated carbocycles. The molecule has 1 fully saturated rings. The van der Waals surface area contributed by atoms with Crippen molar-refractivity contribution in [1.29, 1.82) is 0 Å². The molecule has 1 N–H and O–H groups in total. The van der Waals surface area contributed by atoms with Crippen molar-refractivity contribution in [3.8, 4) is 0 Å². The number of nitrogens with zero attached hydrogens (tertiary/aromatic N) is 4. The van der Waals surface area contributed by atoms with E-state index in [1.165, 1.54) is 0 Å². The molecule has 0 unspecified atom stereocenters. The number of aryl methyl sites for hydroxylation is 1. The highest BCUT2D eigenvalue weighted by atomic mass is 32.1. The molecule has 8 heteroatoms. The van der Waals surface area contributed by atoms with Gasteiger partial charge in [0.2, 0.25) is 0 Å². The van der Waals surface area contributed by atoms with Crippen molar-refractivity contribution in [2.24, 2.45) is 7.05 Å². The molecule has 1 aliphatic heterocycles. The van der Waals surface area contributed by atoms with Crippen LogP contribution in [-0.2, 0) is 11.8 Å². The van der Waals surface area contributed by atoms with E-state index in [0.717, 1.165) is 53.0 Å². The Balaban J connectivity index is 1.56. The Hall–Kier alpha value is -2.45. The SMILES string of the molecule is Cc1c(C(=O)Nc2ccc3nc(N4CCOCC4)sc3c2)cnn1C. The maximum Gasteiger partial charge on any atom is 0.259 e. The fraction of sp³-hybridized carbons (Fsp3) is 0.353. The summed E-state index contributed by atoms with van der Waals surface area (Å²) in [6.07, 6.45) is 1.59. The van der Waals surface area contributed by atoms with Crippen LogP contribution in [0, 0.1) is 6.92 Å². The van der Waals surface area contributed by atoms with Crippen LogP contribution in [0.1, 0.15) is 16.1 Å². The van der Waals surface area contributed by atoms with Gasteiger partial charge in [0.05, 0.1) is 35.2 Å². The van der Waals surface area contributed by atoms with Crippen LogP contribution in [0.4, 0.5) is 10.8 Å². The van der Waals surface area contributed by atoms with Gasteiger partial charge < -0.3 is 15.0 Å². The van der Waals surface area contributed by atoms with Crippen molar-refractivity contribution in [3.05, 3.63) is 35.7 Å². The summed E-state index contributed by atoms with van der Waals surface area (Å²) in [5, 5.41) is 8.07. The van der Waals surface area contributed by atoms with E-state index in [1.54, 1.807) is 22.2 Å². The molecule has 0 bridgehead atoms. The second kappa shape index (κ2) is 6.45. The minimum absolute atomic E-state index is 0.150. The molecular formula is C17H19N5O2S. The van der Waals surface area contributed by atoms with Crippen LogP contribution in [-0.4, -0.2) is 47.0 Å². The molecule has 0 atom stereocenters. The molecule has 25 heavy (non-hydrogen) atoms. The van der Waals surface area contributed by atoms with Crippen molar-refractivity contribution < 1.29 is 9.53 Å². The van der Waals surface area contributed by atoms with Gasteiger partial charge in [-0.2, -0.15) is 5.10 Å². The number of thiazole rings is 1. The van der Waals surface area contributed by atoms with Crippen LogP contribution in [0.3, 0.4) is 0 Å². The first-order chi connectivity index (χ1) is 12.1. The molecular weight excluding hydrogens is 338 g/mol. The first-order valence-electron chi connectivity index (χ1n) is 8.15. The van der Waals surface area contributed by atoms with E-state index in [2.05, 4.69) is 15.3 Å². The number of nitrogens with one attached hydrogen (secondary N) is 1. The van der Waals surface area contributed by atoms with Crippen molar-refractivity contribution >= 4 is 38.3 Å². The lowest BCUT2D eigenvalue weighted by atomic mass is 10.2. The summed E-state index contributed by atoms with van der Waals surface area (Å²) < 4.78 is 8.14. The minimum atomic E-state index is -0.150. The van der Waals surface area contributed by atoms with Crippen LogP contribution >= 0.6 is 11.3 Å². The zero-order valence-corrected chi connectivity index (χ0v) is 15.0. The lowest BCUT2D eigenvalue weighted by molar-refractivity contribution is 0.102. The monoisotopic (exact) mass is 357 g/mol. The normalized spacial score (nSPS) is 14.9. The Morgan fingerprint density at radius 2 is 2.12 bits per heavy atom. The summed E-state index contributed by atoms with van der Waals surface area (Å²) in [6, 6.07) is 5.80. The molecule has 2 aromatic heterocycles. The van der Waals surface area contributed by atoms with Gasteiger partial charge in [0.15, 0.2) is 5.13 Å². The third-order valence-corrected chi connectivity index (χ3v) is 5.48. The van der Waals surface area contributed by atoms with Gasteiger partial charge in [0.25, 0.3) is 5.91 Å². The Labute approximate surface area is 149 Å². The van der Waals surface area contributed by atoms with Gasteiger partial charge in [0, 0.05) is 31.5 Å². The van der Waals surface area contributed by atoms with E-state index in [0.29, 0.717) is 5.56 Å². The van der Waals surface area contributed by atoms with E-state index in [4.69, 9.17) is 9.72 Å². The smallest absolute Gasteiger partial charge is 0.259 e. The molecule has 0 radical (unpaired) electrons. The Kier molecular flexibility index (Phi) is 4.14. The lowest BCUT2D eigenvalue weighted by Gasteiger charge is -2.25. The predicted molar refractivity (Wildman–Crippen MR) is 98.6 cm³/mol. The number of aromatic nitrogens is 3. The zero-order valence-electron chi connectivity index (χ0n) is 14.2. The number of carbonyl (C=O) groups is 1. The Bertz CT molecular complexity index is 926. The number of hydrogen-bond acceptors (Lipinski definition) is 6. The number of amides is 1. The molecule has 130 valence electrons. The molecule has 1 aliphatic rings. The average Bonchev–Trinajstić information content (AvgIpc) is 3.19. The number of anilines is 2. The van der Waals surface area contributed by atoms with Crippen LogP contribution < -0.4 is 10.2 Å².